The number of nitrogens with one attached hydrogen (secondary N) is 1. The van der Waals surface area contributed by atoms with E-state index in [1.807, 2.05) is 12.1 Å². The van der Waals surface area contributed by atoms with Crippen molar-refractivity contribution in [2.45, 2.75) is 51.7 Å². The molecule has 0 radical (unpaired) electrons. The third-order valence-corrected chi connectivity index (χ3v) is 4.21. The van der Waals surface area contributed by atoms with Gasteiger partial charge in [0.05, 0.1) is 6.10 Å². The highest BCUT2D eigenvalue weighted by Gasteiger charge is 2.28. The first-order valence-corrected chi connectivity index (χ1v) is 8.07. The molecular weight excluding hydrogens is 292 g/mol. The number of aliphatic hydroxyl groups is 1. The Kier molecular flexibility index (Phi) is 5.09. The van der Waals surface area contributed by atoms with Gasteiger partial charge < -0.3 is 15.3 Å². The van der Waals surface area contributed by atoms with Crippen molar-refractivity contribution in [2.75, 3.05) is 13.1 Å². The van der Waals surface area contributed by atoms with E-state index in [1.165, 1.54) is 0 Å². The largest absolute Gasteiger partial charge is 0.391 e. The Morgan fingerprint density at radius 1 is 1.26 bits per heavy atom. The number of hydrogen-bond donors (Lipinski definition) is 2. The van der Waals surface area contributed by atoms with E-state index >= 15 is 0 Å². The van der Waals surface area contributed by atoms with Gasteiger partial charge in [0.1, 0.15) is 6.04 Å². The van der Waals surface area contributed by atoms with Crippen molar-refractivity contribution in [3.8, 4) is 0 Å². The number of amides is 2. The summed E-state index contributed by atoms with van der Waals surface area (Å²) in [6.07, 6.45) is 0.146. The summed E-state index contributed by atoms with van der Waals surface area (Å²) in [6, 6.07) is 6.85. The fourth-order valence-corrected chi connectivity index (χ4v) is 2.68. The lowest BCUT2D eigenvalue weighted by Crippen LogP contribution is -2.46. The van der Waals surface area contributed by atoms with Gasteiger partial charge in [0, 0.05) is 18.7 Å². The van der Waals surface area contributed by atoms with Crippen molar-refractivity contribution in [1.29, 1.82) is 0 Å². The van der Waals surface area contributed by atoms with Crippen molar-refractivity contribution in [1.82, 2.24) is 10.2 Å². The predicted molar refractivity (Wildman–Crippen MR) is 89.3 cm³/mol. The Labute approximate surface area is 137 Å². The highest BCUT2D eigenvalue weighted by atomic mass is 16.3. The lowest BCUT2D eigenvalue weighted by atomic mass is 9.86. The first-order chi connectivity index (χ1) is 10.7. The molecule has 5 heteroatoms. The number of β-amino-alcohol motifs (C(OH)–C–C–N with tert-alkyl or cyclic N) is 1. The van der Waals surface area contributed by atoms with Gasteiger partial charge in [-0.3, -0.25) is 9.59 Å². The van der Waals surface area contributed by atoms with E-state index in [0.29, 0.717) is 25.1 Å². The SMILES string of the molecule is CC(NC(=O)c1ccc(C(C)(C)C)cc1)C(=O)N1CC[C@@H](O)C1. The molecule has 0 spiro atoms. The molecule has 1 aromatic carbocycles. The van der Waals surface area contributed by atoms with Crippen molar-refractivity contribution in [3.63, 3.8) is 0 Å². The molecule has 1 aliphatic heterocycles. The van der Waals surface area contributed by atoms with Gasteiger partial charge in [0.25, 0.3) is 5.91 Å². The van der Waals surface area contributed by atoms with E-state index in [0.717, 1.165) is 5.56 Å². The van der Waals surface area contributed by atoms with Crippen LogP contribution >= 0.6 is 0 Å². The van der Waals surface area contributed by atoms with Crippen LogP contribution in [0.1, 0.15) is 50.0 Å². The Hall–Kier alpha value is -1.88. The van der Waals surface area contributed by atoms with E-state index in [1.54, 1.807) is 24.0 Å². The molecule has 2 atom stereocenters. The fraction of sp³-hybridized carbons (Fsp3) is 0.556. The van der Waals surface area contributed by atoms with Crippen LogP contribution in [0.3, 0.4) is 0 Å². The van der Waals surface area contributed by atoms with Gasteiger partial charge in [-0.2, -0.15) is 0 Å². The minimum absolute atomic E-state index is 0.0366. The van der Waals surface area contributed by atoms with Crippen LogP contribution in [0.15, 0.2) is 24.3 Å². The molecule has 1 aliphatic rings. The number of aliphatic hydroxyl groups excluding tert-OH is 1. The molecule has 0 aromatic heterocycles. The number of likely N-dealkylation sites (tertiary alicyclic amines) is 1. The maximum Gasteiger partial charge on any atom is 0.251 e. The second-order valence-electron chi connectivity index (χ2n) is 7.25. The first-order valence-electron chi connectivity index (χ1n) is 8.07. The molecule has 0 saturated carbocycles. The second kappa shape index (κ2) is 6.71. The van der Waals surface area contributed by atoms with Gasteiger partial charge in [0.15, 0.2) is 0 Å². The Bertz CT molecular complexity index is 575. The zero-order chi connectivity index (χ0) is 17.2. The van der Waals surface area contributed by atoms with E-state index in [9.17, 15) is 14.7 Å². The molecule has 0 bridgehead atoms. The van der Waals surface area contributed by atoms with Crippen LogP contribution in [0.2, 0.25) is 0 Å². The smallest absolute Gasteiger partial charge is 0.251 e. The molecule has 5 nitrogen and oxygen atoms in total. The highest BCUT2D eigenvalue weighted by Crippen LogP contribution is 2.22. The maximum atomic E-state index is 12.3. The summed E-state index contributed by atoms with van der Waals surface area (Å²) in [4.78, 5) is 26.1. The average molecular weight is 318 g/mol. The fourth-order valence-electron chi connectivity index (χ4n) is 2.68. The van der Waals surface area contributed by atoms with Gasteiger partial charge in [-0.25, -0.2) is 0 Å². The van der Waals surface area contributed by atoms with Crippen molar-refractivity contribution in [2.24, 2.45) is 0 Å². The molecule has 2 rings (SSSR count). The van der Waals surface area contributed by atoms with Crippen molar-refractivity contribution < 1.29 is 14.7 Å². The lowest BCUT2D eigenvalue weighted by Gasteiger charge is -2.22. The van der Waals surface area contributed by atoms with Crippen LogP contribution in [-0.4, -0.2) is 47.1 Å². The van der Waals surface area contributed by atoms with Crippen molar-refractivity contribution >= 4 is 11.8 Å². The molecule has 2 N–H and O–H groups in total. The number of carbonyl (C=O) groups is 2. The normalized spacial score (nSPS) is 19.5. The second-order valence-corrected chi connectivity index (χ2v) is 7.25. The topological polar surface area (TPSA) is 69.6 Å². The Morgan fingerprint density at radius 2 is 1.87 bits per heavy atom. The molecule has 1 aromatic rings. The standard InChI is InChI=1S/C18H26N2O3/c1-12(17(23)20-10-9-15(21)11-20)19-16(22)13-5-7-14(8-6-13)18(2,3)4/h5-8,12,15,21H,9-11H2,1-4H3,(H,19,22)/t12?,15-/m1/s1. The van der Waals surface area contributed by atoms with Crippen LogP contribution in [0.5, 0.6) is 0 Å². The van der Waals surface area contributed by atoms with Crippen LogP contribution in [0, 0.1) is 0 Å². The van der Waals surface area contributed by atoms with E-state index < -0.39 is 12.1 Å². The monoisotopic (exact) mass is 318 g/mol. The Morgan fingerprint density at radius 3 is 2.35 bits per heavy atom. The molecule has 126 valence electrons. The zero-order valence-corrected chi connectivity index (χ0v) is 14.3. The summed E-state index contributed by atoms with van der Waals surface area (Å²) in [5.74, 6) is -0.410. The number of hydrogen-bond acceptors (Lipinski definition) is 3. The lowest BCUT2D eigenvalue weighted by molar-refractivity contribution is -0.132. The predicted octanol–water partition coefficient (Wildman–Crippen LogP) is 1.70. The number of rotatable bonds is 3. The Balaban J connectivity index is 1.97. The molecular formula is C18H26N2O3. The molecule has 1 saturated heterocycles. The van der Waals surface area contributed by atoms with Crippen molar-refractivity contribution in [3.05, 3.63) is 35.4 Å². The van der Waals surface area contributed by atoms with Gasteiger partial charge >= 0.3 is 0 Å². The molecule has 23 heavy (non-hydrogen) atoms. The summed E-state index contributed by atoms with van der Waals surface area (Å²) in [5, 5.41) is 12.2. The minimum Gasteiger partial charge on any atom is -0.391 e. The van der Waals surface area contributed by atoms with Crippen LogP contribution in [0.4, 0.5) is 0 Å². The number of carbonyl (C=O) groups excluding carboxylic acids is 2. The van der Waals surface area contributed by atoms with Gasteiger partial charge in [-0.1, -0.05) is 32.9 Å². The highest BCUT2D eigenvalue weighted by molar-refractivity contribution is 5.97. The van der Waals surface area contributed by atoms with E-state index in [-0.39, 0.29) is 17.2 Å². The van der Waals surface area contributed by atoms with Gasteiger partial charge in [-0.05, 0) is 36.5 Å². The molecule has 0 aliphatic carbocycles. The summed E-state index contributed by atoms with van der Waals surface area (Å²) in [5.41, 5.74) is 1.73. The zero-order valence-electron chi connectivity index (χ0n) is 14.3. The quantitative estimate of drug-likeness (QED) is 0.891. The van der Waals surface area contributed by atoms with Crippen LogP contribution < -0.4 is 5.32 Å². The van der Waals surface area contributed by atoms with Gasteiger partial charge in [0.2, 0.25) is 5.91 Å². The van der Waals surface area contributed by atoms with Gasteiger partial charge in [-0.15, -0.1) is 0 Å². The number of nitrogens with zero attached hydrogens (tertiary/aromatic N) is 1. The van der Waals surface area contributed by atoms with E-state index in [4.69, 9.17) is 0 Å². The summed E-state index contributed by atoms with van der Waals surface area (Å²) in [6.45, 7) is 8.92. The maximum absolute atomic E-state index is 12.3. The third kappa shape index (κ3) is 4.32. The molecule has 1 fully saturated rings. The molecule has 1 unspecified atom stereocenters. The van der Waals surface area contributed by atoms with Crippen LogP contribution in [-0.2, 0) is 10.2 Å². The third-order valence-electron chi connectivity index (χ3n) is 4.21. The average Bonchev–Trinajstić information content (AvgIpc) is 2.92. The molecule has 2 amide bonds. The first kappa shape index (κ1) is 17.5. The van der Waals surface area contributed by atoms with Crippen LogP contribution in [0.25, 0.3) is 0 Å². The summed E-state index contributed by atoms with van der Waals surface area (Å²) in [7, 11) is 0. The minimum atomic E-state index is -0.602. The summed E-state index contributed by atoms with van der Waals surface area (Å²) < 4.78 is 0. The molecule has 1 heterocycles. The van der Waals surface area contributed by atoms with E-state index in [2.05, 4.69) is 26.1 Å². The summed E-state index contributed by atoms with van der Waals surface area (Å²) >= 11 is 0. The number of benzene rings is 1.